The molecule has 0 aliphatic heterocycles. The zero-order valence-electron chi connectivity index (χ0n) is 8.25. The van der Waals surface area contributed by atoms with E-state index in [1.807, 2.05) is 6.07 Å². The van der Waals surface area contributed by atoms with Crippen LogP contribution in [0.15, 0.2) is 18.5 Å². The molecular formula is C10H14N4. The summed E-state index contributed by atoms with van der Waals surface area (Å²) in [7, 11) is 0. The Morgan fingerprint density at radius 2 is 2.43 bits per heavy atom. The summed E-state index contributed by atoms with van der Waals surface area (Å²) in [6.45, 7) is 3.18. The van der Waals surface area contributed by atoms with Gasteiger partial charge in [0.25, 0.3) is 0 Å². The number of hydrogen-bond acceptors (Lipinski definition) is 3. The van der Waals surface area contributed by atoms with Crippen molar-refractivity contribution >= 4 is 16.7 Å². The summed E-state index contributed by atoms with van der Waals surface area (Å²) in [6.07, 6.45) is 5.97. The van der Waals surface area contributed by atoms with Crippen molar-refractivity contribution in [1.29, 1.82) is 0 Å². The number of hydrogen-bond donors (Lipinski definition) is 2. The van der Waals surface area contributed by atoms with E-state index in [-0.39, 0.29) is 0 Å². The van der Waals surface area contributed by atoms with Crippen LogP contribution in [0.1, 0.15) is 19.8 Å². The molecule has 0 fully saturated rings. The number of aromatic amines is 1. The van der Waals surface area contributed by atoms with Crippen LogP contribution in [-0.2, 0) is 0 Å². The minimum Gasteiger partial charge on any atom is -0.384 e. The molecule has 2 N–H and O–H groups in total. The lowest BCUT2D eigenvalue weighted by molar-refractivity contribution is 0.835. The number of pyridine rings is 1. The Morgan fingerprint density at radius 1 is 1.50 bits per heavy atom. The van der Waals surface area contributed by atoms with Gasteiger partial charge in [0.05, 0.1) is 11.6 Å². The molecule has 0 aliphatic carbocycles. The fourth-order valence-corrected chi connectivity index (χ4v) is 1.40. The molecule has 0 saturated carbocycles. The van der Waals surface area contributed by atoms with E-state index in [9.17, 15) is 0 Å². The summed E-state index contributed by atoms with van der Waals surface area (Å²) in [6, 6.07) is 1.98. The van der Waals surface area contributed by atoms with Crippen molar-refractivity contribution in [1.82, 2.24) is 15.2 Å². The fraction of sp³-hybridized carbons (Fsp3) is 0.400. The summed E-state index contributed by atoms with van der Waals surface area (Å²) in [5.41, 5.74) is 1.95. The Labute approximate surface area is 82.7 Å². The summed E-state index contributed by atoms with van der Waals surface area (Å²) < 4.78 is 0. The molecule has 0 spiro atoms. The van der Waals surface area contributed by atoms with Crippen molar-refractivity contribution in [3.05, 3.63) is 18.5 Å². The van der Waals surface area contributed by atoms with Gasteiger partial charge in [0, 0.05) is 18.4 Å². The Kier molecular flexibility index (Phi) is 2.62. The summed E-state index contributed by atoms with van der Waals surface area (Å²) in [5, 5.41) is 11.2. The number of nitrogens with one attached hydrogen (secondary N) is 2. The maximum absolute atomic E-state index is 4.17. The van der Waals surface area contributed by atoms with Gasteiger partial charge in [-0.2, -0.15) is 5.10 Å². The van der Waals surface area contributed by atoms with Crippen molar-refractivity contribution in [3.8, 4) is 0 Å². The highest BCUT2D eigenvalue weighted by Gasteiger charge is 2.01. The van der Waals surface area contributed by atoms with Gasteiger partial charge in [0.2, 0.25) is 0 Å². The monoisotopic (exact) mass is 190 g/mol. The van der Waals surface area contributed by atoms with E-state index in [1.165, 1.54) is 12.8 Å². The zero-order valence-corrected chi connectivity index (χ0v) is 8.25. The van der Waals surface area contributed by atoms with E-state index < -0.39 is 0 Å². The van der Waals surface area contributed by atoms with Crippen molar-refractivity contribution in [2.24, 2.45) is 0 Å². The largest absolute Gasteiger partial charge is 0.384 e. The van der Waals surface area contributed by atoms with E-state index in [0.717, 1.165) is 23.3 Å². The Hall–Kier alpha value is -1.58. The number of nitrogens with zero attached hydrogens (tertiary/aromatic N) is 2. The molecule has 4 heteroatoms. The third kappa shape index (κ3) is 1.69. The highest BCUT2D eigenvalue weighted by Crippen LogP contribution is 2.18. The molecule has 2 aromatic heterocycles. The van der Waals surface area contributed by atoms with Crippen LogP contribution in [0.4, 0.5) is 5.69 Å². The number of rotatable bonds is 4. The summed E-state index contributed by atoms with van der Waals surface area (Å²) in [5.74, 6) is 0. The van der Waals surface area contributed by atoms with Crippen LogP contribution in [0.5, 0.6) is 0 Å². The molecule has 0 atom stereocenters. The topological polar surface area (TPSA) is 53.6 Å². The lowest BCUT2D eigenvalue weighted by Gasteiger charge is -2.05. The van der Waals surface area contributed by atoms with Crippen molar-refractivity contribution in [3.63, 3.8) is 0 Å². The lowest BCUT2D eigenvalue weighted by atomic mass is 10.3. The molecule has 0 amide bonds. The summed E-state index contributed by atoms with van der Waals surface area (Å²) >= 11 is 0. The first-order valence-electron chi connectivity index (χ1n) is 4.93. The number of aromatic nitrogens is 3. The molecule has 14 heavy (non-hydrogen) atoms. The fourth-order valence-electron chi connectivity index (χ4n) is 1.40. The van der Waals surface area contributed by atoms with Crippen LogP contribution in [-0.4, -0.2) is 21.7 Å². The second-order valence-electron chi connectivity index (χ2n) is 3.27. The zero-order chi connectivity index (χ0) is 9.80. The lowest BCUT2D eigenvalue weighted by Crippen LogP contribution is -2.01. The molecular weight excluding hydrogens is 176 g/mol. The van der Waals surface area contributed by atoms with Crippen molar-refractivity contribution in [2.45, 2.75) is 19.8 Å². The third-order valence-electron chi connectivity index (χ3n) is 2.20. The second-order valence-corrected chi connectivity index (χ2v) is 3.27. The van der Waals surface area contributed by atoms with Crippen LogP contribution in [0, 0.1) is 0 Å². The molecule has 0 saturated heterocycles. The van der Waals surface area contributed by atoms with Crippen LogP contribution in [0.2, 0.25) is 0 Å². The molecule has 0 aliphatic rings. The maximum Gasteiger partial charge on any atom is 0.157 e. The number of anilines is 1. The van der Waals surface area contributed by atoms with Crippen LogP contribution < -0.4 is 5.32 Å². The number of fused-ring (bicyclic) bond motifs is 1. The van der Waals surface area contributed by atoms with E-state index in [2.05, 4.69) is 27.4 Å². The van der Waals surface area contributed by atoms with Gasteiger partial charge in [-0.1, -0.05) is 13.3 Å². The van der Waals surface area contributed by atoms with Gasteiger partial charge in [-0.3, -0.25) is 5.10 Å². The normalized spacial score (nSPS) is 10.6. The first-order valence-corrected chi connectivity index (χ1v) is 4.93. The molecule has 0 radical (unpaired) electrons. The van der Waals surface area contributed by atoms with Gasteiger partial charge in [0.1, 0.15) is 0 Å². The Morgan fingerprint density at radius 3 is 3.29 bits per heavy atom. The molecule has 0 aromatic carbocycles. The van der Waals surface area contributed by atoms with Crippen LogP contribution in [0.3, 0.4) is 0 Å². The average Bonchev–Trinajstić information content (AvgIpc) is 2.67. The van der Waals surface area contributed by atoms with Gasteiger partial charge >= 0.3 is 0 Å². The SMILES string of the molecule is CCCCNc1ccnc2[nH]ncc12. The summed E-state index contributed by atoms with van der Waals surface area (Å²) in [4.78, 5) is 4.17. The van der Waals surface area contributed by atoms with Gasteiger partial charge in [-0.05, 0) is 12.5 Å². The molecule has 74 valence electrons. The van der Waals surface area contributed by atoms with E-state index >= 15 is 0 Å². The van der Waals surface area contributed by atoms with E-state index in [1.54, 1.807) is 12.4 Å². The standard InChI is InChI=1S/C10H14N4/c1-2-3-5-11-9-4-6-12-10-8(9)7-13-14-10/h4,6-7H,2-3,5H2,1H3,(H2,11,12,13,14). The molecule has 2 aromatic rings. The average molecular weight is 190 g/mol. The third-order valence-corrected chi connectivity index (χ3v) is 2.20. The van der Waals surface area contributed by atoms with Gasteiger partial charge in [-0.15, -0.1) is 0 Å². The quantitative estimate of drug-likeness (QED) is 0.726. The van der Waals surface area contributed by atoms with Gasteiger partial charge < -0.3 is 5.32 Å². The van der Waals surface area contributed by atoms with Crippen LogP contribution >= 0.6 is 0 Å². The highest BCUT2D eigenvalue weighted by atomic mass is 15.1. The van der Waals surface area contributed by atoms with E-state index in [4.69, 9.17) is 0 Å². The number of H-pyrrole nitrogens is 1. The van der Waals surface area contributed by atoms with Crippen LogP contribution in [0.25, 0.3) is 11.0 Å². The molecule has 2 rings (SSSR count). The molecule has 0 unspecified atom stereocenters. The first-order chi connectivity index (χ1) is 6.92. The highest BCUT2D eigenvalue weighted by molar-refractivity contribution is 5.87. The van der Waals surface area contributed by atoms with E-state index in [0.29, 0.717) is 0 Å². The predicted molar refractivity (Wildman–Crippen MR) is 57.3 cm³/mol. The molecule has 0 bridgehead atoms. The minimum absolute atomic E-state index is 0.839. The maximum atomic E-state index is 4.17. The molecule has 2 heterocycles. The van der Waals surface area contributed by atoms with Crippen molar-refractivity contribution in [2.75, 3.05) is 11.9 Å². The Bertz CT molecular complexity index is 407. The molecule has 4 nitrogen and oxygen atoms in total. The second kappa shape index (κ2) is 4.09. The predicted octanol–water partition coefficient (Wildman–Crippen LogP) is 2.17. The minimum atomic E-state index is 0.839. The van der Waals surface area contributed by atoms with Gasteiger partial charge in [0.15, 0.2) is 5.65 Å². The number of unbranched alkanes of at least 4 members (excludes halogenated alkanes) is 1. The smallest absolute Gasteiger partial charge is 0.157 e. The van der Waals surface area contributed by atoms with Crippen molar-refractivity contribution < 1.29 is 0 Å². The van der Waals surface area contributed by atoms with Gasteiger partial charge in [-0.25, -0.2) is 4.98 Å². The Balaban J connectivity index is 2.19. The first kappa shape index (κ1) is 8.99.